The van der Waals surface area contributed by atoms with Crippen LogP contribution in [0, 0.1) is 6.92 Å². The number of nitrogens with zero attached hydrogens (tertiary/aromatic N) is 3. The van der Waals surface area contributed by atoms with Crippen LogP contribution in [-0.2, 0) is 4.74 Å². The average molecular weight is 250 g/mol. The lowest BCUT2D eigenvalue weighted by Crippen LogP contribution is -2.30. The predicted octanol–water partition coefficient (Wildman–Crippen LogP) is 1.83. The second kappa shape index (κ2) is 6.54. The molecule has 1 aromatic heterocycles. The van der Waals surface area contributed by atoms with Gasteiger partial charge in [0, 0.05) is 38.5 Å². The van der Waals surface area contributed by atoms with Crippen molar-refractivity contribution in [1.29, 1.82) is 0 Å². The van der Waals surface area contributed by atoms with Crippen LogP contribution in [0.5, 0.6) is 0 Å². The van der Waals surface area contributed by atoms with E-state index in [1.807, 2.05) is 6.92 Å². The van der Waals surface area contributed by atoms with Gasteiger partial charge < -0.3 is 15.0 Å². The number of aryl methyl sites for hydroxylation is 1. The van der Waals surface area contributed by atoms with E-state index in [4.69, 9.17) is 4.74 Å². The van der Waals surface area contributed by atoms with E-state index < -0.39 is 0 Å². The topological polar surface area (TPSA) is 50.3 Å². The number of hydrogen-bond acceptors (Lipinski definition) is 5. The molecule has 1 saturated heterocycles. The lowest BCUT2D eigenvalue weighted by molar-refractivity contribution is 0.210. The molecule has 1 fully saturated rings. The molecule has 2 rings (SSSR count). The van der Waals surface area contributed by atoms with Gasteiger partial charge in [0.25, 0.3) is 0 Å². The summed E-state index contributed by atoms with van der Waals surface area (Å²) in [5.41, 5.74) is 1.01. The molecular formula is C13H22N4O. The number of piperidine rings is 1. The van der Waals surface area contributed by atoms with Crippen molar-refractivity contribution >= 4 is 11.8 Å². The van der Waals surface area contributed by atoms with Gasteiger partial charge in [-0.15, -0.1) is 0 Å². The molecule has 0 atom stereocenters. The fourth-order valence-corrected chi connectivity index (χ4v) is 2.18. The van der Waals surface area contributed by atoms with E-state index in [1.54, 1.807) is 7.11 Å². The van der Waals surface area contributed by atoms with Gasteiger partial charge in [0.2, 0.25) is 5.95 Å². The highest BCUT2D eigenvalue weighted by atomic mass is 16.5. The summed E-state index contributed by atoms with van der Waals surface area (Å²) in [7, 11) is 1.69. The summed E-state index contributed by atoms with van der Waals surface area (Å²) < 4.78 is 5.01. The van der Waals surface area contributed by atoms with Crippen LogP contribution in [0.15, 0.2) is 6.07 Å². The fraction of sp³-hybridized carbons (Fsp3) is 0.692. The number of nitrogens with one attached hydrogen (secondary N) is 1. The van der Waals surface area contributed by atoms with E-state index in [9.17, 15) is 0 Å². The van der Waals surface area contributed by atoms with Gasteiger partial charge in [-0.3, -0.25) is 0 Å². The van der Waals surface area contributed by atoms with Gasteiger partial charge in [0.15, 0.2) is 0 Å². The third-order valence-corrected chi connectivity index (χ3v) is 3.11. The zero-order valence-electron chi connectivity index (χ0n) is 11.3. The van der Waals surface area contributed by atoms with Crippen LogP contribution in [0.2, 0.25) is 0 Å². The number of ether oxygens (including phenoxy) is 1. The molecule has 5 heteroatoms. The Morgan fingerprint density at radius 2 is 2.06 bits per heavy atom. The molecule has 5 nitrogen and oxygen atoms in total. The molecule has 0 amide bonds. The summed E-state index contributed by atoms with van der Waals surface area (Å²) in [4.78, 5) is 11.3. The Labute approximate surface area is 109 Å². The smallest absolute Gasteiger partial charge is 0.224 e. The summed E-state index contributed by atoms with van der Waals surface area (Å²) in [6.07, 6.45) is 3.85. The van der Waals surface area contributed by atoms with Gasteiger partial charge in [0.05, 0.1) is 6.61 Å². The van der Waals surface area contributed by atoms with Crippen LogP contribution in [0.3, 0.4) is 0 Å². The van der Waals surface area contributed by atoms with Gasteiger partial charge in [-0.1, -0.05) is 0 Å². The van der Waals surface area contributed by atoms with Crippen molar-refractivity contribution in [3.8, 4) is 0 Å². The number of rotatable bonds is 5. The number of hydrogen-bond donors (Lipinski definition) is 1. The molecule has 0 aromatic carbocycles. The maximum atomic E-state index is 5.01. The second-order valence-corrected chi connectivity index (χ2v) is 4.66. The minimum atomic E-state index is 0.663. The highest BCUT2D eigenvalue weighted by Gasteiger charge is 2.13. The van der Waals surface area contributed by atoms with Crippen LogP contribution < -0.4 is 10.2 Å². The largest absolute Gasteiger partial charge is 0.383 e. The molecule has 1 aliphatic heterocycles. The van der Waals surface area contributed by atoms with E-state index >= 15 is 0 Å². The summed E-state index contributed by atoms with van der Waals surface area (Å²) >= 11 is 0. The standard InChI is InChI=1S/C13H22N4O/c1-11-10-12(17-7-4-3-5-8-17)16-13(15-11)14-6-9-18-2/h10H,3-9H2,1-2H3,(H,14,15,16). The molecule has 100 valence electrons. The van der Waals surface area contributed by atoms with Crippen LogP contribution in [0.25, 0.3) is 0 Å². The molecule has 0 spiro atoms. The maximum absolute atomic E-state index is 5.01. The summed E-state index contributed by atoms with van der Waals surface area (Å²) in [6.45, 7) is 5.62. The average Bonchev–Trinajstić information content (AvgIpc) is 2.39. The van der Waals surface area contributed by atoms with E-state index in [-0.39, 0.29) is 0 Å². The quantitative estimate of drug-likeness (QED) is 0.808. The Balaban J connectivity index is 2.05. The molecule has 0 unspecified atom stereocenters. The first kappa shape index (κ1) is 13.1. The minimum Gasteiger partial charge on any atom is -0.383 e. The van der Waals surface area contributed by atoms with E-state index in [0.29, 0.717) is 12.6 Å². The van der Waals surface area contributed by atoms with Crippen molar-refractivity contribution in [3.05, 3.63) is 11.8 Å². The number of aromatic nitrogens is 2. The Morgan fingerprint density at radius 1 is 1.28 bits per heavy atom. The van der Waals surface area contributed by atoms with Gasteiger partial charge >= 0.3 is 0 Å². The van der Waals surface area contributed by atoms with Crippen molar-refractivity contribution in [2.45, 2.75) is 26.2 Å². The molecule has 1 N–H and O–H groups in total. The van der Waals surface area contributed by atoms with Crippen LogP contribution >= 0.6 is 0 Å². The molecule has 2 heterocycles. The normalized spacial score (nSPS) is 15.8. The number of anilines is 2. The van der Waals surface area contributed by atoms with E-state index in [1.165, 1.54) is 19.3 Å². The molecule has 0 aliphatic carbocycles. The van der Waals surface area contributed by atoms with Crippen LogP contribution in [0.1, 0.15) is 25.0 Å². The highest BCUT2D eigenvalue weighted by Crippen LogP contribution is 2.19. The Hall–Kier alpha value is -1.36. The van der Waals surface area contributed by atoms with E-state index in [0.717, 1.165) is 31.1 Å². The van der Waals surface area contributed by atoms with Gasteiger partial charge in [-0.05, 0) is 26.2 Å². The number of methoxy groups -OCH3 is 1. The summed E-state index contributed by atoms with van der Waals surface area (Å²) in [5.74, 6) is 1.75. The monoisotopic (exact) mass is 250 g/mol. The molecule has 1 aliphatic rings. The molecular weight excluding hydrogens is 228 g/mol. The van der Waals surface area contributed by atoms with Crippen molar-refractivity contribution in [1.82, 2.24) is 9.97 Å². The second-order valence-electron chi connectivity index (χ2n) is 4.66. The van der Waals surface area contributed by atoms with Crippen molar-refractivity contribution in [3.63, 3.8) is 0 Å². The highest BCUT2D eigenvalue weighted by molar-refractivity contribution is 5.45. The van der Waals surface area contributed by atoms with E-state index in [2.05, 4.69) is 26.3 Å². The first-order valence-electron chi connectivity index (χ1n) is 6.63. The molecule has 0 radical (unpaired) electrons. The minimum absolute atomic E-state index is 0.663. The SMILES string of the molecule is COCCNc1nc(C)cc(N2CCCCC2)n1. The maximum Gasteiger partial charge on any atom is 0.224 e. The summed E-state index contributed by atoms with van der Waals surface area (Å²) in [5, 5.41) is 3.19. The van der Waals surface area contributed by atoms with Gasteiger partial charge in [-0.2, -0.15) is 4.98 Å². The zero-order chi connectivity index (χ0) is 12.8. The Kier molecular flexibility index (Phi) is 4.75. The first-order valence-corrected chi connectivity index (χ1v) is 6.63. The van der Waals surface area contributed by atoms with Crippen molar-refractivity contribution < 1.29 is 4.74 Å². The first-order chi connectivity index (χ1) is 8.79. The summed E-state index contributed by atoms with van der Waals surface area (Å²) in [6, 6.07) is 2.06. The van der Waals surface area contributed by atoms with Crippen molar-refractivity contribution in [2.75, 3.05) is 43.6 Å². The van der Waals surface area contributed by atoms with Crippen molar-refractivity contribution in [2.24, 2.45) is 0 Å². The lowest BCUT2D eigenvalue weighted by atomic mass is 10.1. The molecule has 1 aromatic rings. The van der Waals surface area contributed by atoms with Gasteiger partial charge in [-0.25, -0.2) is 4.98 Å². The van der Waals surface area contributed by atoms with Crippen LogP contribution in [-0.4, -0.2) is 43.3 Å². The van der Waals surface area contributed by atoms with Crippen LogP contribution in [0.4, 0.5) is 11.8 Å². The molecule has 0 saturated carbocycles. The third-order valence-electron chi connectivity index (χ3n) is 3.11. The zero-order valence-corrected chi connectivity index (χ0v) is 11.3. The third kappa shape index (κ3) is 3.57. The van der Waals surface area contributed by atoms with Gasteiger partial charge in [0.1, 0.15) is 5.82 Å². The molecule has 0 bridgehead atoms. The predicted molar refractivity (Wildman–Crippen MR) is 73.2 cm³/mol. The Bertz CT molecular complexity index is 377. The lowest BCUT2D eigenvalue weighted by Gasteiger charge is -2.28. The molecule has 18 heavy (non-hydrogen) atoms. The fourth-order valence-electron chi connectivity index (χ4n) is 2.18. The Morgan fingerprint density at radius 3 is 2.78 bits per heavy atom.